The smallest absolute Gasteiger partial charge is 0.186 e. The summed E-state index contributed by atoms with van der Waals surface area (Å²) in [5.41, 5.74) is 2.04. The summed E-state index contributed by atoms with van der Waals surface area (Å²) in [6.45, 7) is 3.98. The highest BCUT2D eigenvalue weighted by Crippen LogP contribution is 2.38. The van der Waals surface area contributed by atoms with Gasteiger partial charge >= 0.3 is 0 Å². The monoisotopic (exact) mass is 533 g/mol. The molecule has 3 aromatic heterocycles. The third-order valence-corrected chi connectivity index (χ3v) is 8.61. The third-order valence-electron chi connectivity index (χ3n) is 6.65. The van der Waals surface area contributed by atoms with Crippen LogP contribution in [0.4, 0.5) is 5.13 Å². The Morgan fingerprint density at radius 1 is 0.973 bits per heavy atom. The first-order valence-electron chi connectivity index (χ1n) is 12.1. The summed E-state index contributed by atoms with van der Waals surface area (Å²) in [5.74, 6) is 2.34. The molecule has 1 aliphatic rings. The largest absolute Gasteiger partial charge is 0.497 e. The number of fused-ring (bicyclic) bond motifs is 1. The van der Waals surface area contributed by atoms with Crippen molar-refractivity contribution >= 4 is 38.0 Å². The highest BCUT2D eigenvalue weighted by atomic mass is 32.1. The fourth-order valence-corrected chi connectivity index (χ4v) is 6.49. The maximum atomic E-state index is 5.81. The molecule has 5 aromatic rings. The number of piperazine rings is 1. The molecule has 1 fully saturated rings. The molecular formula is C26H27N7O2S2. The van der Waals surface area contributed by atoms with Crippen LogP contribution in [-0.4, -0.2) is 70.5 Å². The average molecular weight is 534 g/mol. The number of thiophene rings is 1. The number of aromatic nitrogens is 5. The molecule has 9 nitrogen and oxygen atoms in total. The van der Waals surface area contributed by atoms with Gasteiger partial charge in [-0.1, -0.05) is 29.5 Å². The second-order valence-corrected chi connectivity index (χ2v) is 10.8. The Morgan fingerprint density at radius 3 is 2.59 bits per heavy atom. The summed E-state index contributed by atoms with van der Waals surface area (Å²) >= 11 is 3.45. The van der Waals surface area contributed by atoms with Crippen LogP contribution in [0.15, 0.2) is 60.0 Å². The second kappa shape index (κ2) is 10.4. The van der Waals surface area contributed by atoms with Gasteiger partial charge in [0.15, 0.2) is 11.0 Å². The molecule has 6 rings (SSSR count). The van der Waals surface area contributed by atoms with Gasteiger partial charge in [0.1, 0.15) is 17.5 Å². The molecule has 0 aliphatic carbocycles. The summed E-state index contributed by atoms with van der Waals surface area (Å²) in [5, 5.41) is 16.1. The first kappa shape index (κ1) is 23.8. The van der Waals surface area contributed by atoms with Crippen LogP contribution in [-0.2, 0) is 6.54 Å². The molecule has 0 N–H and O–H groups in total. The summed E-state index contributed by atoms with van der Waals surface area (Å²) in [4.78, 5) is 10.9. The highest BCUT2D eigenvalue weighted by molar-refractivity contribution is 7.22. The quantitative estimate of drug-likeness (QED) is 0.292. The normalized spacial score (nSPS) is 15.2. The zero-order valence-corrected chi connectivity index (χ0v) is 22.3. The molecule has 0 saturated carbocycles. The lowest BCUT2D eigenvalue weighted by Crippen LogP contribution is -2.48. The first-order valence-corrected chi connectivity index (χ1v) is 13.8. The Labute approximate surface area is 222 Å². The second-order valence-electron chi connectivity index (χ2n) is 8.77. The fraction of sp³-hybridized carbons (Fsp3) is 0.308. The molecule has 1 unspecified atom stereocenters. The summed E-state index contributed by atoms with van der Waals surface area (Å²) in [6.07, 6.45) is 0. The van der Waals surface area contributed by atoms with Crippen LogP contribution in [0.25, 0.3) is 10.2 Å². The van der Waals surface area contributed by atoms with Crippen molar-refractivity contribution in [2.75, 3.05) is 45.3 Å². The van der Waals surface area contributed by atoms with Crippen molar-refractivity contribution in [3.8, 4) is 11.5 Å². The van der Waals surface area contributed by atoms with Crippen molar-refractivity contribution in [1.82, 2.24) is 30.1 Å². The Bertz CT molecular complexity index is 1440. The number of nitrogens with zero attached hydrogens (tertiary/aromatic N) is 7. The van der Waals surface area contributed by atoms with Gasteiger partial charge in [-0.15, -0.1) is 16.4 Å². The van der Waals surface area contributed by atoms with Crippen LogP contribution in [0.3, 0.4) is 0 Å². The van der Waals surface area contributed by atoms with Gasteiger partial charge in [-0.05, 0) is 52.2 Å². The number of anilines is 1. The molecule has 0 spiro atoms. The van der Waals surface area contributed by atoms with E-state index in [0.717, 1.165) is 59.7 Å². The van der Waals surface area contributed by atoms with Crippen LogP contribution in [0.5, 0.6) is 11.5 Å². The number of ether oxygens (including phenoxy) is 2. The maximum absolute atomic E-state index is 5.81. The molecule has 0 amide bonds. The van der Waals surface area contributed by atoms with Crippen LogP contribution < -0.4 is 14.4 Å². The van der Waals surface area contributed by atoms with E-state index in [1.165, 1.54) is 9.58 Å². The van der Waals surface area contributed by atoms with Gasteiger partial charge in [0.2, 0.25) is 0 Å². The van der Waals surface area contributed by atoms with E-state index in [1.807, 2.05) is 35.0 Å². The minimum absolute atomic E-state index is 0.197. The SMILES string of the molecule is COc1ccc(OC)c(C(c2nnnn2Cc2cccs2)N2CCN(c3nc4ccccc4s3)CC2)c1. The number of para-hydroxylation sites is 1. The van der Waals surface area contributed by atoms with Gasteiger partial charge in [-0.2, -0.15) is 0 Å². The average Bonchev–Trinajstić information content (AvgIpc) is 3.71. The molecular weight excluding hydrogens is 506 g/mol. The third kappa shape index (κ3) is 4.77. The van der Waals surface area contributed by atoms with Gasteiger partial charge in [0, 0.05) is 36.6 Å². The molecule has 11 heteroatoms. The summed E-state index contributed by atoms with van der Waals surface area (Å²) in [7, 11) is 3.38. The number of methoxy groups -OCH3 is 2. The number of benzene rings is 2. The van der Waals surface area contributed by atoms with E-state index in [9.17, 15) is 0 Å². The van der Waals surface area contributed by atoms with E-state index in [4.69, 9.17) is 14.5 Å². The molecule has 1 atom stereocenters. The minimum atomic E-state index is -0.197. The number of rotatable bonds is 8. The van der Waals surface area contributed by atoms with Crippen molar-refractivity contribution in [2.24, 2.45) is 0 Å². The van der Waals surface area contributed by atoms with E-state index >= 15 is 0 Å². The van der Waals surface area contributed by atoms with Crippen molar-refractivity contribution < 1.29 is 9.47 Å². The molecule has 37 heavy (non-hydrogen) atoms. The lowest BCUT2D eigenvalue weighted by Gasteiger charge is -2.39. The number of hydrogen-bond donors (Lipinski definition) is 0. The Morgan fingerprint density at radius 2 is 1.84 bits per heavy atom. The molecule has 1 aliphatic heterocycles. The van der Waals surface area contributed by atoms with E-state index < -0.39 is 0 Å². The zero-order valence-electron chi connectivity index (χ0n) is 20.6. The van der Waals surface area contributed by atoms with E-state index in [0.29, 0.717) is 6.54 Å². The van der Waals surface area contributed by atoms with Gasteiger partial charge in [-0.3, -0.25) is 4.90 Å². The van der Waals surface area contributed by atoms with E-state index in [-0.39, 0.29) is 6.04 Å². The first-order chi connectivity index (χ1) is 18.2. The Kier molecular flexibility index (Phi) is 6.73. The molecule has 0 bridgehead atoms. The predicted octanol–water partition coefficient (Wildman–Crippen LogP) is 4.32. The maximum Gasteiger partial charge on any atom is 0.186 e. The van der Waals surface area contributed by atoms with E-state index in [2.05, 4.69) is 55.0 Å². The lowest BCUT2D eigenvalue weighted by molar-refractivity contribution is 0.197. The highest BCUT2D eigenvalue weighted by Gasteiger charge is 2.33. The van der Waals surface area contributed by atoms with Crippen molar-refractivity contribution in [3.63, 3.8) is 0 Å². The van der Waals surface area contributed by atoms with Gasteiger partial charge in [0.05, 0.1) is 31.0 Å². The number of thiazole rings is 1. The van der Waals surface area contributed by atoms with Gasteiger partial charge < -0.3 is 14.4 Å². The Hall–Kier alpha value is -3.54. The lowest BCUT2D eigenvalue weighted by atomic mass is 10.0. The Balaban J connectivity index is 1.33. The van der Waals surface area contributed by atoms with Crippen molar-refractivity contribution in [2.45, 2.75) is 12.6 Å². The topological polar surface area (TPSA) is 81.4 Å². The van der Waals surface area contributed by atoms with Gasteiger partial charge in [0.25, 0.3) is 0 Å². The van der Waals surface area contributed by atoms with Crippen molar-refractivity contribution in [3.05, 3.63) is 76.2 Å². The van der Waals surface area contributed by atoms with Crippen LogP contribution >= 0.6 is 22.7 Å². The fourth-order valence-electron chi connectivity index (χ4n) is 4.79. The standard InChI is InChI=1S/C26H27N7O2S2/c1-34-18-9-10-22(35-2)20(16-18)24(25-28-29-30-33(25)17-19-6-5-15-36-19)31-11-13-32(14-12-31)26-27-21-7-3-4-8-23(21)37-26/h3-10,15-16,24H,11-14,17H2,1-2H3. The molecule has 1 saturated heterocycles. The van der Waals surface area contributed by atoms with Crippen LogP contribution in [0, 0.1) is 0 Å². The minimum Gasteiger partial charge on any atom is -0.497 e. The predicted molar refractivity (Wildman–Crippen MR) is 146 cm³/mol. The number of hydrogen-bond acceptors (Lipinski definition) is 10. The number of tetrazole rings is 1. The zero-order chi connectivity index (χ0) is 25.2. The summed E-state index contributed by atoms with van der Waals surface area (Å²) < 4.78 is 14.5. The molecule has 2 aromatic carbocycles. The van der Waals surface area contributed by atoms with Gasteiger partial charge in [-0.25, -0.2) is 9.67 Å². The molecule has 4 heterocycles. The van der Waals surface area contributed by atoms with Crippen molar-refractivity contribution in [1.29, 1.82) is 0 Å². The van der Waals surface area contributed by atoms with E-state index in [1.54, 1.807) is 36.9 Å². The van der Waals surface area contributed by atoms with Crippen LogP contribution in [0.2, 0.25) is 0 Å². The molecule has 190 valence electrons. The molecule has 0 radical (unpaired) electrons. The van der Waals surface area contributed by atoms with Crippen LogP contribution in [0.1, 0.15) is 22.3 Å². The summed E-state index contributed by atoms with van der Waals surface area (Å²) in [6, 6.07) is 18.2.